The number of aryl methyl sites for hydroxylation is 1. The molecule has 1 unspecified atom stereocenters. The second-order valence-corrected chi connectivity index (χ2v) is 5.61. The first-order chi connectivity index (χ1) is 10.7. The number of carbonyl (C=O) groups excluding carboxylic acids is 1. The van der Waals surface area contributed by atoms with Gasteiger partial charge in [-0.1, -0.05) is 25.1 Å². The minimum absolute atomic E-state index is 0.0984. The Labute approximate surface area is 132 Å². The summed E-state index contributed by atoms with van der Waals surface area (Å²) < 4.78 is 7.71. The molecule has 1 N–H and O–H groups in total. The molecular formula is C18H26N2O2. The van der Waals surface area contributed by atoms with Gasteiger partial charge < -0.3 is 14.6 Å². The van der Waals surface area contributed by atoms with E-state index in [0.29, 0.717) is 32.2 Å². The van der Waals surface area contributed by atoms with Crippen LogP contribution in [-0.4, -0.2) is 29.7 Å². The number of fused-ring (bicyclic) bond motifs is 1. The standard InChI is InChI=1S/C18H26N2O2/c1-3-15(2)22-14-6-11-19-18(21)10-13-20-12-9-16-7-4-5-8-17(16)20/h4-5,7-9,12,15H,3,6,10-11,13-14H2,1-2H3,(H,19,21). The van der Waals surface area contributed by atoms with Crippen molar-refractivity contribution in [1.29, 1.82) is 0 Å². The fourth-order valence-electron chi connectivity index (χ4n) is 2.35. The van der Waals surface area contributed by atoms with E-state index >= 15 is 0 Å². The molecule has 1 amide bonds. The molecule has 1 atom stereocenters. The molecule has 1 aromatic heterocycles. The van der Waals surface area contributed by atoms with E-state index in [-0.39, 0.29) is 5.91 Å². The molecule has 1 aromatic carbocycles. The summed E-state index contributed by atoms with van der Waals surface area (Å²) >= 11 is 0. The van der Waals surface area contributed by atoms with Gasteiger partial charge >= 0.3 is 0 Å². The Morgan fingerprint density at radius 3 is 2.95 bits per heavy atom. The molecule has 4 nitrogen and oxygen atoms in total. The number of benzene rings is 1. The van der Waals surface area contributed by atoms with E-state index in [4.69, 9.17) is 4.74 Å². The van der Waals surface area contributed by atoms with Crippen LogP contribution in [0.2, 0.25) is 0 Å². The zero-order valence-corrected chi connectivity index (χ0v) is 13.5. The fourth-order valence-corrected chi connectivity index (χ4v) is 2.35. The number of rotatable bonds is 9. The van der Waals surface area contributed by atoms with Gasteiger partial charge in [-0.05, 0) is 37.3 Å². The smallest absolute Gasteiger partial charge is 0.221 e. The number of ether oxygens (including phenoxy) is 1. The second kappa shape index (κ2) is 8.59. The zero-order valence-electron chi connectivity index (χ0n) is 13.5. The number of aromatic nitrogens is 1. The van der Waals surface area contributed by atoms with Gasteiger partial charge in [0.25, 0.3) is 0 Å². The number of amides is 1. The molecule has 0 radical (unpaired) electrons. The largest absolute Gasteiger partial charge is 0.378 e. The van der Waals surface area contributed by atoms with Crippen LogP contribution < -0.4 is 5.32 Å². The van der Waals surface area contributed by atoms with Crippen molar-refractivity contribution in [3.8, 4) is 0 Å². The monoisotopic (exact) mass is 302 g/mol. The average Bonchev–Trinajstić information content (AvgIpc) is 2.95. The number of hydrogen-bond donors (Lipinski definition) is 1. The zero-order chi connectivity index (χ0) is 15.8. The molecule has 0 saturated heterocycles. The summed E-state index contributed by atoms with van der Waals surface area (Å²) in [5.74, 6) is 0.0984. The van der Waals surface area contributed by atoms with Crippen molar-refractivity contribution in [1.82, 2.24) is 9.88 Å². The van der Waals surface area contributed by atoms with Gasteiger partial charge in [-0.3, -0.25) is 4.79 Å². The maximum absolute atomic E-state index is 11.9. The predicted molar refractivity (Wildman–Crippen MR) is 89.9 cm³/mol. The minimum atomic E-state index is 0.0984. The van der Waals surface area contributed by atoms with Crippen molar-refractivity contribution in [3.63, 3.8) is 0 Å². The van der Waals surface area contributed by atoms with Crippen LogP contribution in [0, 0.1) is 0 Å². The molecule has 4 heteroatoms. The third kappa shape index (κ3) is 4.88. The molecule has 0 spiro atoms. The lowest BCUT2D eigenvalue weighted by Crippen LogP contribution is -2.26. The van der Waals surface area contributed by atoms with Crippen LogP contribution in [0.3, 0.4) is 0 Å². The van der Waals surface area contributed by atoms with Crippen LogP contribution in [0.4, 0.5) is 0 Å². The first-order valence-corrected chi connectivity index (χ1v) is 8.13. The normalized spacial score (nSPS) is 12.5. The maximum atomic E-state index is 11.9. The van der Waals surface area contributed by atoms with E-state index in [1.54, 1.807) is 0 Å². The summed E-state index contributed by atoms with van der Waals surface area (Å²) in [6.45, 7) is 6.28. The highest BCUT2D eigenvalue weighted by molar-refractivity contribution is 5.80. The van der Waals surface area contributed by atoms with Crippen LogP contribution in [-0.2, 0) is 16.1 Å². The van der Waals surface area contributed by atoms with Crippen molar-refractivity contribution < 1.29 is 9.53 Å². The minimum Gasteiger partial charge on any atom is -0.378 e. The number of nitrogens with one attached hydrogen (secondary N) is 1. The molecule has 22 heavy (non-hydrogen) atoms. The van der Waals surface area contributed by atoms with Crippen molar-refractivity contribution in [2.75, 3.05) is 13.2 Å². The lowest BCUT2D eigenvalue weighted by atomic mass is 10.2. The van der Waals surface area contributed by atoms with E-state index in [9.17, 15) is 4.79 Å². The third-order valence-corrected chi connectivity index (χ3v) is 3.88. The molecule has 1 heterocycles. The molecule has 120 valence electrons. The highest BCUT2D eigenvalue weighted by atomic mass is 16.5. The Morgan fingerprint density at radius 2 is 2.14 bits per heavy atom. The second-order valence-electron chi connectivity index (χ2n) is 5.61. The highest BCUT2D eigenvalue weighted by Crippen LogP contribution is 2.15. The van der Waals surface area contributed by atoms with Crippen LogP contribution in [0.15, 0.2) is 36.5 Å². The number of para-hydroxylation sites is 1. The van der Waals surface area contributed by atoms with Crippen LogP contribution in [0.1, 0.15) is 33.1 Å². The summed E-state index contributed by atoms with van der Waals surface area (Å²) in [5, 5.41) is 4.17. The predicted octanol–water partition coefficient (Wildman–Crippen LogP) is 3.35. The van der Waals surface area contributed by atoms with Crippen molar-refractivity contribution in [3.05, 3.63) is 36.5 Å². The SMILES string of the molecule is CCC(C)OCCCNC(=O)CCn1ccc2ccccc21. The molecular weight excluding hydrogens is 276 g/mol. The fraction of sp³-hybridized carbons (Fsp3) is 0.500. The first kappa shape index (κ1) is 16.6. The summed E-state index contributed by atoms with van der Waals surface area (Å²) in [4.78, 5) is 11.9. The summed E-state index contributed by atoms with van der Waals surface area (Å²) in [5.41, 5.74) is 1.18. The lowest BCUT2D eigenvalue weighted by molar-refractivity contribution is -0.121. The van der Waals surface area contributed by atoms with Crippen molar-refractivity contribution in [2.45, 2.75) is 45.8 Å². The van der Waals surface area contributed by atoms with Gasteiger partial charge in [0.05, 0.1) is 6.10 Å². The van der Waals surface area contributed by atoms with Crippen LogP contribution in [0.5, 0.6) is 0 Å². The molecule has 0 fully saturated rings. The average molecular weight is 302 g/mol. The third-order valence-electron chi connectivity index (χ3n) is 3.88. The maximum Gasteiger partial charge on any atom is 0.221 e. The van der Waals surface area contributed by atoms with E-state index < -0.39 is 0 Å². The molecule has 0 saturated carbocycles. The van der Waals surface area contributed by atoms with Gasteiger partial charge in [0.1, 0.15) is 0 Å². The van der Waals surface area contributed by atoms with Gasteiger partial charge in [-0.15, -0.1) is 0 Å². The Hall–Kier alpha value is -1.81. The van der Waals surface area contributed by atoms with Crippen LogP contribution >= 0.6 is 0 Å². The van der Waals surface area contributed by atoms with Gasteiger partial charge in [0.15, 0.2) is 0 Å². The molecule has 2 rings (SSSR count). The van der Waals surface area contributed by atoms with Gasteiger partial charge in [0, 0.05) is 37.8 Å². The van der Waals surface area contributed by atoms with Crippen LogP contribution in [0.25, 0.3) is 10.9 Å². The topological polar surface area (TPSA) is 43.3 Å². The molecule has 0 aliphatic carbocycles. The Kier molecular flexibility index (Phi) is 6.46. The summed E-state index contributed by atoms with van der Waals surface area (Å²) in [7, 11) is 0. The van der Waals surface area contributed by atoms with E-state index in [2.05, 4.69) is 41.9 Å². The van der Waals surface area contributed by atoms with Crippen molar-refractivity contribution in [2.24, 2.45) is 0 Å². The lowest BCUT2D eigenvalue weighted by Gasteiger charge is -2.11. The number of carbonyl (C=O) groups is 1. The van der Waals surface area contributed by atoms with Gasteiger partial charge in [-0.2, -0.15) is 0 Å². The summed E-state index contributed by atoms with van der Waals surface area (Å²) in [6, 6.07) is 10.3. The molecule has 0 aliphatic rings. The Morgan fingerprint density at radius 1 is 1.32 bits per heavy atom. The van der Waals surface area contributed by atoms with E-state index in [1.807, 2.05) is 18.3 Å². The highest BCUT2D eigenvalue weighted by Gasteiger charge is 2.04. The van der Waals surface area contributed by atoms with Gasteiger partial charge in [-0.25, -0.2) is 0 Å². The van der Waals surface area contributed by atoms with E-state index in [1.165, 1.54) is 10.9 Å². The summed E-state index contributed by atoms with van der Waals surface area (Å²) in [6.07, 6.45) is 4.74. The Bertz CT molecular complexity index is 592. The first-order valence-electron chi connectivity index (χ1n) is 8.13. The quantitative estimate of drug-likeness (QED) is 0.722. The van der Waals surface area contributed by atoms with E-state index in [0.717, 1.165) is 12.8 Å². The van der Waals surface area contributed by atoms with Gasteiger partial charge in [0.2, 0.25) is 5.91 Å². The number of nitrogens with zero attached hydrogens (tertiary/aromatic N) is 1. The molecule has 0 bridgehead atoms. The van der Waals surface area contributed by atoms with Crippen molar-refractivity contribution >= 4 is 16.8 Å². The Balaban J connectivity index is 1.65. The molecule has 2 aromatic rings. The number of hydrogen-bond acceptors (Lipinski definition) is 2. The molecule has 0 aliphatic heterocycles.